The Morgan fingerprint density at radius 3 is 1.47 bits per heavy atom. The van der Waals surface area contributed by atoms with E-state index < -0.39 is 14.9 Å². The average Bonchev–Trinajstić information content (AvgIpc) is 2.86. The van der Waals surface area contributed by atoms with Gasteiger partial charge in [-0.2, -0.15) is 0 Å². The van der Waals surface area contributed by atoms with Crippen LogP contribution in [0.25, 0.3) is 0 Å². The highest BCUT2D eigenvalue weighted by Crippen LogP contribution is 2.14. The van der Waals surface area contributed by atoms with E-state index in [1.54, 1.807) is 21.3 Å². The van der Waals surface area contributed by atoms with Crippen LogP contribution in [0.15, 0.2) is 0 Å². The first kappa shape index (κ1) is 36.0. The molecule has 0 amide bonds. The third kappa shape index (κ3) is 21.2. The van der Waals surface area contributed by atoms with E-state index in [2.05, 4.69) is 45.3 Å². The van der Waals surface area contributed by atoms with Gasteiger partial charge in [-0.3, -0.25) is 0 Å². The van der Waals surface area contributed by atoms with E-state index >= 15 is 0 Å². The molecule has 0 aliphatic heterocycles. The molecule has 9 nitrogen and oxygen atoms in total. The van der Waals surface area contributed by atoms with Gasteiger partial charge in [0.25, 0.3) is 0 Å². The summed E-state index contributed by atoms with van der Waals surface area (Å²) < 4.78 is 26.7. The van der Waals surface area contributed by atoms with E-state index in [-0.39, 0.29) is 6.10 Å². The van der Waals surface area contributed by atoms with Crippen LogP contribution in [-0.4, -0.2) is 104 Å². The molecule has 0 radical (unpaired) electrons. The number of nitrogens with one attached hydrogen (secondary N) is 2. The molecule has 0 aliphatic rings. The molecule has 0 heterocycles. The number of ether oxygens (including phenoxy) is 2. The van der Waals surface area contributed by atoms with Crippen molar-refractivity contribution in [3.05, 3.63) is 0 Å². The Hall–Kier alpha value is -0.143. The van der Waals surface area contributed by atoms with E-state index in [0.717, 1.165) is 38.7 Å². The van der Waals surface area contributed by atoms with E-state index in [0.29, 0.717) is 51.0 Å². The number of hydrogen-bond acceptors (Lipinski definition) is 9. The zero-order valence-electron chi connectivity index (χ0n) is 23.2. The lowest BCUT2D eigenvalue weighted by Crippen LogP contribution is -2.42. The van der Waals surface area contributed by atoms with Gasteiger partial charge in [0.05, 0.1) is 25.4 Å². The maximum Gasteiger partial charge on any atom is 0.500 e. The van der Waals surface area contributed by atoms with Gasteiger partial charge < -0.3 is 43.6 Å². The molecule has 0 aromatic rings. The highest BCUT2D eigenvalue weighted by atomic mass is 28.4. The summed E-state index contributed by atoms with van der Waals surface area (Å²) in [5, 5.41) is 25.7. The van der Waals surface area contributed by atoms with E-state index in [1.165, 1.54) is 0 Å². The van der Waals surface area contributed by atoms with Gasteiger partial charge in [0.1, 0.15) is 0 Å². The standard InChI is InChI=1S/C13H31NO5Si.C11H25NO2/c1-6-12(2)14-10-13(15)11-19-8-7-9-20(16-3,17-4)18-5;1-4-6-7-14-9-11(13)8-12-10(3)5-2/h12-15H,6-11H2,1-5H3;10-13H,4-9H2,1-3H3. The quantitative estimate of drug-likeness (QED) is 0.128. The predicted molar refractivity (Wildman–Crippen MR) is 140 cm³/mol. The number of rotatable bonds is 22. The maximum absolute atomic E-state index is 9.74. The van der Waals surface area contributed by atoms with Gasteiger partial charge >= 0.3 is 8.80 Å². The molecule has 0 aromatic heterocycles. The molecular weight excluding hydrogens is 456 g/mol. The Labute approximate surface area is 210 Å². The summed E-state index contributed by atoms with van der Waals surface area (Å²) in [5.41, 5.74) is 0. The fourth-order valence-electron chi connectivity index (χ4n) is 2.71. The summed E-state index contributed by atoms with van der Waals surface area (Å²) in [7, 11) is 2.32. The largest absolute Gasteiger partial charge is 0.500 e. The van der Waals surface area contributed by atoms with Crippen LogP contribution in [0.4, 0.5) is 0 Å². The van der Waals surface area contributed by atoms with Crippen molar-refractivity contribution in [3.8, 4) is 0 Å². The monoisotopic (exact) mass is 512 g/mol. The predicted octanol–water partition coefficient (Wildman–Crippen LogP) is 2.57. The normalized spacial score (nSPS) is 15.4. The zero-order chi connectivity index (χ0) is 26.2. The summed E-state index contributed by atoms with van der Waals surface area (Å²) in [6.45, 7) is 13.9. The molecule has 4 atom stereocenters. The minimum atomic E-state index is -2.48. The average molecular weight is 513 g/mol. The third-order valence-corrected chi connectivity index (χ3v) is 8.43. The first-order chi connectivity index (χ1) is 16.2. The van der Waals surface area contributed by atoms with Crippen molar-refractivity contribution in [2.24, 2.45) is 0 Å². The topological polar surface area (TPSA) is 111 Å². The second kappa shape index (κ2) is 24.5. The van der Waals surface area contributed by atoms with Gasteiger partial charge in [0.2, 0.25) is 0 Å². The van der Waals surface area contributed by atoms with Crippen molar-refractivity contribution in [1.29, 1.82) is 0 Å². The molecule has 0 spiro atoms. The first-order valence-electron chi connectivity index (χ1n) is 12.9. The molecule has 0 saturated carbocycles. The summed E-state index contributed by atoms with van der Waals surface area (Å²) in [6, 6.07) is 1.60. The van der Waals surface area contributed by atoms with Crippen LogP contribution in [0.2, 0.25) is 6.04 Å². The maximum atomic E-state index is 9.74. The second-order valence-corrected chi connectivity index (χ2v) is 11.7. The van der Waals surface area contributed by atoms with Crippen molar-refractivity contribution in [2.75, 3.05) is 60.8 Å². The number of unbranched alkanes of at least 4 members (excludes halogenated alkanes) is 1. The SMILES string of the molecule is CCC(C)NCC(O)COCCC[Si](OC)(OC)OC.CCCCOCC(O)CNC(C)CC. The van der Waals surface area contributed by atoms with Gasteiger partial charge in [-0.1, -0.05) is 27.2 Å². The third-order valence-electron chi connectivity index (χ3n) is 5.60. The second-order valence-electron chi connectivity index (χ2n) is 8.65. The van der Waals surface area contributed by atoms with Crippen LogP contribution >= 0.6 is 0 Å². The molecule has 0 bridgehead atoms. The Kier molecular flexibility index (Phi) is 26.0. The summed E-state index contributed by atoms with van der Waals surface area (Å²) in [4.78, 5) is 0. The number of aliphatic hydroxyl groups excluding tert-OH is 2. The lowest BCUT2D eigenvalue weighted by Gasteiger charge is -2.24. The minimum absolute atomic E-state index is 0.338. The summed E-state index contributed by atoms with van der Waals surface area (Å²) in [5.74, 6) is 0. The van der Waals surface area contributed by atoms with Crippen molar-refractivity contribution in [3.63, 3.8) is 0 Å². The minimum Gasteiger partial charge on any atom is -0.389 e. The molecule has 34 heavy (non-hydrogen) atoms. The van der Waals surface area contributed by atoms with Crippen LogP contribution in [0.3, 0.4) is 0 Å². The molecule has 0 aromatic carbocycles. The molecular formula is C24H56N2O7Si. The van der Waals surface area contributed by atoms with Crippen molar-refractivity contribution in [2.45, 2.75) is 97.1 Å². The fraction of sp³-hybridized carbons (Fsp3) is 1.00. The highest BCUT2D eigenvalue weighted by molar-refractivity contribution is 6.60. The Balaban J connectivity index is 0. The van der Waals surface area contributed by atoms with Crippen LogP contribution in [0, 0.1) is 0 Å². The van der Waals surface area contributed by atoms with Gasteiger partial charge in [0, 0.05) is 65.8 Å². The van der Waals surface area contributed by atoms with E-state index in [4.69, 9.17) is 22.8 Å². The Bertz CT molecular complexity index is 413. The molecule has 10 heteroatoms. The van der Waals surface area contributed by atoms with Gasteiger partial charge in [-0.15, -0.1) is 0 Å². The molecule has 0 fully saturated rings. The molecule has 4 N–H and O–H groups in total. The van der Waals surface area contributed by atoms with Crippen LogP contribution in [0.5, 0.6) is 0 Å². The highest BCUT2D eigenvalue weighted by Gasteiger charge is 2.36. The lowest BCUT2D eigenvalue weighted by molar-refractivity contribution is 0.0341. The van der Waals surface area contributed by atoms with Gasteiger partial charge in [-0.05, 0) is 39.5 Å². The number of aliphatic hydroxyl groups is 2. The summed E-state index contributed by atoms with van der Waals surface area (Å²) >= 11 is 0. The summed E-state index contributed by atoms with van der Waals surface area (Å²) in [6.07, 6.45) is 4.29. The van der Waals surface area contributed by atoms with Crippen molar-refractivity contribution >= 4 is 8.80 Å². The Morgan fingerprint density at radius 2 is 1.12 bits per heavy atom. The van der Waals surface area contributed by atoms with Crippen LogP contribution in [0.1, 0.15) is 66.7 Å². The fourth-order valence-corrected chi connectivity index (χ4v) is 4.40. The molecule has 0 rings (SSSR count). The van der Waals surface area contributed by atoms with Crippen LogP contribution in [-0.2, 0) is 22.8 Å². The number of hydrogen-bond donors (Lipinski definition) is 4. The van der Waals surface area contributed by atoms with Crippen molar-refractivity contribution < 1.29 is 33.0 Å². The molecule has 0 aliphatic carbocycles. The lowest BCUT2D eigenvalue weighted by atomic mass is 10.2. The zero-order valence-corrected chi connectivity index (χ0v) is 24.2. The first-order valence-corrected chi connectivity index (χ1v) is 14.8. The Morgan fingerprint density at radius 1 is 0.706 bits per heavy atom. The van der Waals surface area contributed by atoms with Crippen LogP contribution < -0.4 is 10.6 Å². The van der Waals surface area contributed by atoms with Crippen molar-refractivity contribution in [1.82, 2.24) is 10.6 Å². The van der Waals surface area contributed by atoms with E-state index in [9.17, 15) is 10.2 Å². The molecule has 0 saturated heterocycles. The van der Waals surface area contributed by atoms with E-state index in [1.807, 2.05) is 0 Å². The van der Waals surface area contributed by atoms with Gasteiger partial charge in [-0.25, -0.2) is 0 Å². The smallest absolute Gasteiger partial charge is 0.389 e. The van der Waals surface area contributed by atoms with Gasteiger partial charge in [0.15, 0.2) is 0 Å². The molecule has 4 unspecified atom stereocenters. The molecule has 208 valence electrons.